The van der Waals surface area contributed by atoms with Crippen molar-refractivity contribution in [2.45, 2.75) is 6.42 Å². The number of benzene rings is 2. The fourth-order valence-corrected chi connectivity index (χ4v) is 2.68. The van der Waals surface area contributed by atoms with Crippen LogP contribution in [-0.4, -0.2) is 19.2 Å². The van der Waals surface area contributed by atoms with E-state index in [1.165, 1.54) is 0 Å². The van der Waals surface area contributed by atoms with E-state index in [9.17, 15) is 4.79 Å². The molecule has 2 aromatic carbocycles. The summed E-state index contributed by atoms with van der Waals surface area (Å²) in [4.78, 5) is 11.9. The Balaban J connectivity index is 1.97. The highest BCUT2D eigenvalue weighted by atomic mass is 79.9. The maximum absolute atomic E-state index is 11.9. The van der Waals surface area contributed by atoms with E-state index in [0.717, 1.165) is 20.1 Å². The van der Waals surface area contributed by atoms with Gasteiger partial charge in [-0.25, -0.2) is 5.43 Å². The Morgan fingerprint density at radius 2 is 2.00 bits per heavy atom. The number of hydrogen-bond donors (Lipinski definition) is 1. The Kier molecular flexibility index (Phi) is 6.15. The Morgan fingerprint density at radius 1 is 1.23 bits per heavy atom. The van der Waals surface area contributed by atoms with Crippen molar-refractivity contribution in [3.63, 3.8) is 0 Å². The minimum absolute atomic E-state index is 0.177. The van der Waals surface area contributed by atoms with Crippen LogP contribution in [0.15, 0.2) is 56.5 Å². The smallest absolute Gasteiger partial charge is 0.244 e. The third-order valence-electron chi connectivity index (χ3n) is 2.84. The van der Waals surface area contributed by atoms with Gasteiger partial charge in [0.25, 0.3) is 0 Å². The van der Waals surface area contributed by atoms with Gasteiger partial charge in [0.1, 0.15) is 5.75 Å². The van der Waals surface area contributed by atoms with Gasteiger partial charge in [-0.15, -0.1) is 0 Å². The third kappa shape index (κ3) is 4.96. The van der Waals surface area contributed by atoms with E-state index in [1.807, 2.05) is 42.5 Å². The monoisotopic (exact) mass is 424 g/mol. The quantitative estimate of drug-likeness (QED) is 0.583. The van der Waals surface area contributed by atoms with Crippen LogP contribution in [0.4, 0.5) is 0 Å². The van der Waals surface area contributed by atoms with Gasteiger partial charge in [-0.2, -0.15) is 5.10 Å². The summed E-state index contributed by atoms with van der Waals surface area (Å²) >= 11 is 6.77. The van der Waals surface area contributed by atoms with Crippen LogP contribution in [0.25, 0.3) is 0 Å². The van der Waals surface area contributed by atoms with Crippen molar-refractivity contribution in [1.29, 1.82) is 0 Å². The maximum Gasteiger partial charge on any atom is 0.244 e. The SMILES string of the molecule is COc1ccc(Br)cc1/C=N/NC(=O)Cc1cccc(Br)c1. The molecule has 6 heteroatoms. The molecule has 0 heterocycles. The van der Waals surface area contributed by atoms with Crippen molar-refractivity contribution >= 4 is 44.0 Å². The first-order valence-corrected chi connectivity index (χ1v) is 8.07. The number of nitrogens with zero attached hydrogens (tertiary/aromatic N) is 1. The van der Waals surface area contributed by atoms with Crippen LogP contribution in [0.5, 0.6) is 5.75 Å². The van der Waals surface area contributed by atoms with Gasteiger partial charge in [0, 0.05) is 14.5 Å². The summed E-state index contributed by atoms with van der Waals surface area (Å²) in [6.45, 7) is 0. The second-order valence-electron chi connectivity index (χ2n) is 4.49. The van der Waals surface area contributed by atoms with Gasteiger partial charge < -0.3 is 4.74 Å². The van der Waals surface area contributed by atoms with Gasteiger partial charge in [-0.3, -0.25) is 4.79 Å². The van der Waals surface area contributed by atoms with E-state index >= 15 is 0 Å². The van der Waals surface area contributed by atoms with Crippen molar-refractivity contribution in [2.75, 3.05) is 7.11 Å². The number of methoxy groups -OCH3 is 1. The molecule has 0 saturated heterocycles. The van der Waals surface area contributed by atoms with Crippen LogP contribution >= 0.6 is 31.9 Å². The molecule has 0 radical (unpaired) electrons. The van der Waals surface area contributed by atoms with Gasteiger partial charge in [-0.05, 0) is 35.9 Å². The molecule has 114 valence electrons. The molecule has 2 aromatic rings. The Morgan fingerprint density at radius 3 is 2.73 bits per heavy atom. The molecular formula is C16H14Br2N2O2. The lowest BCUT2D eigenvalue weighted by Crippen LogP contribution is -2.19. The summed E-state index contributed by atoms with van der Waals surface area (Å²) in [5, 5.41) is 3.97. The molecule has 1 amide bonds. The summed E-state index contributed by atoms with van der Waals surface area (Å²) in [5.74, 6) is 0.511. The van der Waals surface area contributed by atoms with Crippen LogP contribution < -0.4 is 10.2 Å². The van der Waals surface area contributed by atoms with Gasteiger partial charge in [-0.1, -0.05) is 44.0 Å². The van der Waals surface area contributed by atoms with Gasteiger partial charge in [0.15, 0.2) is 0 Å². The molecule has 0 bridgehead atoms. The van der Waals surface area contributed by atoms with Crippen LogP contribution in [0.3, 0.4) is 0 Å². The van der Waals surface area contributed by atoms with Gasteiger partial charge in [0.2, 0.25) is 5.91 Å². The molecule has 0 fully saturated rings. The molecule has 4 nitrogen and oxygen atoms in total. The molecule has 0 aromatic heterocycles. The lowest BCUT2D eigenvalue weighted by Gasteiger charge is -2.05. The highest BCUT2D eigenvalue weighted by Crippen LogP contribution is 2.21. The molecule has 0 aliphatic carbocycles. The van der Waals surface area contributed by atoms with Crippen molar-refractivity contribution in [3.8, 4) is 5.75 Å². The Bertz CT molecular complexity index is 702. The van der Waals surface area contributed by atoms with Crippen molar-refractivity contribution in [1.82, 2.24) is 5.43 Å². The number of hydrazone groups is 1. The number of halogens is 2. The first kappa shape index (κ1) is 16.7. The molecule has 1 N–H and O–H groups in total. The molecule has 2 rings (SSSR count). The summed E-state index contributed by atoms with van der Waals surface area (Å²) in [6.07, 6.45) is 1.83. The highest BCUT2D eigenvalue weighted by molar-refractivity contribution is 9.10. The summed E-state index contributed by atoms with van der Waals surface area (Å²) in [6, 6.07) is 13.2. The van der Waals surface area contributed by atoms with Gasteiger partial charge >= 0.3 is 0 Å². The zero-order valence-corrected chi connectivity index (χ0v) is 15.0. The molecule has 0 aliphatic heterocycles. The van der Waals surface area contributed by atoms with E-state index in [1.54, 1.807) is 13.3 Å². The standard InChI is InChI=1S/C16H14Br2N2O2/c1-22-15-6-5-14(18)9-12(15)10-19-20-16(21)8-11-3-2-4-13(17)7-11/h2-7,9-10H,8H2,1H3,(H,20,21)/b19-10+. The number of rotatable bonds is 5. The molecule has 0 saturated carbocycles. The summed E-state index contributed by atoms with van der Waals surface area (Å²) in [7, 11) is 1.59. The fraction of sp³-hybridized carbons (Fsp3) is 0.125. The lowest BCUT2D eigenvalue weighted by molar-refractivity contribution is -0.120. The number of amides is 1. The molecular weight excluding hydrogens is 412 g/mol. The number of carbonyl (C=O) groups excluding carboxylic acids is 1. The van der Waals surface area contributed by atoms with Crippen molar-refractivity contribution < 1.29 is 9.53 Å². The summed E-state index contributed by atoms with van der Waals surface area (Å²) < 4.78 is 7.09. The number of hydrogen-bond acceptors (Lipinski definition) is 3. The average Bonchev–Trinajstić information content (AvgIpc) is 2.47. The minimum atomic E-state index is -0.177. The zero-order valence-electron chi connectivity index (χ0n) is 11.8. The predicted molar refractivity (Wildman–Crippen MR) is 94.3 cm³/mol. The lowest BCUT2D eigenvalue weighted by atomic mass is 10.1. The van der Waals surface area contributed by atoms with Crippen LogP contribution in [0.2, 0.25) is 0 Å². The predicted octanol–water partition coefficient (Wildman–Crippen LogP) is 3.91. The molecule has 22 heavy (non-hydrogen) atoms. The number of carbonyl (C=O) groups is 1. The average molecular weight is 426 g/mol. The van der Waals surface area contributed by atoms with Crippen LogP contribution in [-0.2, 0) is 11.2 Å². The Labute approximate surface area is 145 Å². The fourth-order valence-electron chi connectivity index (χ4n) is 1.85. The second kappa shape index (κ2) is 8.10. The Hall–Kier alpha value is -1.66. The minimum Gasteiger partial charge on any atom is -0.496 e. The van der Waals surface area contributed by atoms with Crippen molar-refractivity contribution in [2.24, 2.45) is 5.10 Å². The number of nitrogens with one attached hydrogen (secondary N) is 1. The van der Waals surface area contributed by atoms with E-state index in [4.69, 9.17) is 4.74 Å². The molecule has 0 atom stereocenters. The topological polar surface area (TPSA) is 50.7 Å². The first-order chi connectivity index (χ1) is 10.6. The largest absolute Gasteiger partial charge is 0.496 e. The first-order valence-electron chi connectivity index (χ1n) is 6.48. The van der Waals surface area contributed by atoms with Crippen LogP contribution in [0, 0.1) is 0 Å². The third-order valence-corrected chi connectivity index (χ3v) is 3.82. The van der Waals surface area contributed by atoms with E-state index in [0.29, 0.717) is 5.75 Å². The summed E-state index contributed by atoms with van der Waals surface area (Å²) in [5.41, 5.74) is 4.21. The second-order valence-corrected chi connectivity index (χ2v) is 6.32. The zero-order chi connectivity index (χ0) is 15.9. The molecule has 0 aliphatic rings. The highest BCUT2D eigenvalue weighted by Gasteiger charge is 2.04. The number of ether oxygens (including phenoxy) is 1. The molecule has 0 unspecified atom stereocenters. The normalized spacial score (nSPS) is 10.7. The van der Waals surface area contributed by atoms with E-state index in [2.05, 4.69) is 42.4 Å². The van der Waals surface area contributed by atoms with Crippen molar-refractivity contribution in [3.05, 3.63) is 62.5 Å². The van der Waals surface area contributed by atoms with Crippen LogP contribution in [0.1, 0.15) is 11.1 Å². The molecule has 0 spiro atoms. The van der Waals surface area contributed by atoms with E-state index in [-0.39, 0.29) is 12.3 Å². The maximum atomic E-state index is 11.9. The van der Waals surface area contributed by atoms with E-state index < -0.39 is 0 Å². The van der Waals surface area contributed by atoms with Gasteiger partial charge in [0.05, 0.1) is 19.7 Å².